The second-order valence-corrected chi connectivity index (χ2v) is 8.83. The van der Waals surface area contributed by atoms with E-state index in [1.54, 1.807) is 12.1 Å². The first-order valence-electron chi connectivity index (χ1n) is 11.3. The Labute approximate surface area is 206 Å². The van der Waals surface area contributed by atoms with Crippen molar-refractivity contribution < 1.29 is 27.5 Å². The summed E-state index contributed by atoms with van der Waals surface area (Å²) in [5.41, 5.74) is 1.12. The van der Waals surface area contributed by atoms with Gasteiger partial charge in [-0.25, -0.2) is 19.3 Å². The van der Waals surface area contributed by atoms with Crippen molar-refractivity contribution in [3.05, 3.63) is 83.3 Å². The zero-order chi connectivity index (χ0) is 25.9. The summed E-state index contributed by atoms with van der Waals surface area (Å²) in [6, 6.07) is 9.55. The lowest BCUT2D eigenvalue weighted by Gasteiger charge is -2.12. The minimum absolute atomic E-state index is 0.00528. The molecule has 1 atom stereocenters. The minimum atomic E-state index is -4.60. The van der Waals surface area contributed by atoms with Gasteiger partial charge >= 0.3 is 6.18 Å². The van der Waals surface area contributed by atoms with Gasteiger partial charge in [0.25, 0.3) is 5.91 Å². The van der Waals surface area contributed by atoms with Crippen LogP contribution in [-0.2, 0) is 19.3 Å². The number of carbonyl (C=O) groups excluding carboxylic acids is 1. The van der Waals surface area contributed by atoms with E-state index in [1.807, 2.05) is 4.57 Å². The smallest absolute Gasteiger partial charge is 0.385 e. The fraction of sp³-hybridized carbons (Fsp3) is 0.200. The molecule has 188 valence electrons. The van der Waals surface area contributed by atoms with Crippen LogP contribution in [0.1, 0.15) is 40.0 Å². The SMILES string of the molecule is O=C(Nc1cnc2c(c1)nc1n2CCC1O)c1cc2cc(C(F)(F)F)cnc2n1Cc1cccc(F)c1. The number of carbonyl (C=O) groups is 1. The zero-order valence-electron chi connectivity index (χ0n) is 19.0. The standard InChI is InChI=1S/C25H18F4N6O2/c26-16-3-1-2-13(6-16)12-35-19(8-14-7-15(25(27,28)29)10-30-21(14)35)24(37)32-17-9-18-22(31-11-17)34-5-4-20(36)23(34)33-18/h1-3,6-11,20,36H,4-5,12H2,(H,32,37). The fourth-order valence-electron chi connectivity index (χ4n) is 4.61. The quantitative estimate of drug-likeness (QED) is 0.343. The van der Waals surface area contributed by atoms with Crippen LogP contribution in [-0.4, -0.2) is 35.1 Å². The number of pyridine rings is 2. The molecule has 5 aromatic rings. The second kappa shape index (κ2) is 8.37. The molecule has 0 radical (unpaired) electrons. The van der Waals surface area contributed by atoms with Crippen LogP contribution in [0.5, 0.6) is 0 Å². The van der Waals surface area contributed by atoms with E-state index in [4.69, 9.17) is 0 Å². The Kier molecular flexibility index (Phi) is 5.23. The van der Waals surface area contributed by atoms with Gasteiger partial charge in [0.05, 0.1) is 17.4 Å². The Bertz CT molecular complexity index is 1690. The molecular formula is C25H18F4N6O2. The molecule has 2 N–H and O–H groups in total. The zero-order valence-corrected chi connectivity index (χ0v) is 19.0. The van der Waals surface area contributed by atoms with Gasteiger partial charge in [-0.2, -0.15) is 13.2 Å². The highest BCUT2D eigenvalue weighted by Crippen LogP contribution is 2.32. The molecule has 0 saturated carbocycles. The molecule has 0 aliphatic carbocycles. The summed E-state index contributed by atoms with van der Waals surface area (Å²) in [7, 11) is 0. The van der Waals surface area contributed by atoms with E-state index < -0.39 is 29.6 Å². The van der Waals surface area contributed by atoms with Crippen molar-refractivity contribution in [1.29, 1.82) is 0 Å². The lowest BCUT2D eigenvalue weighted by Crippen LogP contribution is -2.18. The molecule has 4 aromatic heterocycles. The molecule has 0 saturated heterocycles. The topological polar surface area (TPSA) is 97.9 Å². The van der Waals surface area contributed by atoms with Gasteiger partial charge in [-0.1, -0.05) is 12.1 Å². The van der Waals surface area contributed by atoms with Crippen LogP contribution in [0.15, 0.2) is 54.9 Å². The number of hydrogen-bond acceptors (Lipinski definition) is 5. The van der Waals surface area contributed by atoms with Gasteiger partial charge in [-0.3, -0.25) is 4.79 Å². The Morgan fingerprint density at radius 2 is 1.92 bits per heavy atom. The molecule has 0 fully saturated rings. The highest BCUT2D eigenvalue weighted by atomic mass is 19.4. The van der Waals surface area contributed by atoms with Gasteiger partial charge in [0.2, 0.25) is 0 Å². The number of aliphatic hydroxyl groups excluding tert-OH is 1. The van der Waals surface area contributed by atoms with Crippen LogP contribution in [0.25, 0.3) is 22.2 Å². The number of rotatable bonds is 4. The summed E-state index contributed by atoms with van der Waals surface area (Å²) < 4.78 is 56.9. The first kappa shape index (κ1) is 23.1. The predicted molar refractivity (Wildman–Crippen MR) is 125 cm³/mol. The average Bonchev–Trinajstić information content (AvgIpc) is 3.51. The Balaban J connectivity index is 1.39. The average molecular weight is 510 g/mol. The Morgan fingerprint density at radius 1 is 1.11 bits per heavy atom. The Hall–Kier alpha value is -4.32. The third-order valence-corrected chi connectivity index (χ3v) is 6.32. The number of fused-ring (bicyclic) bond motifs is 4. The molecule has 0 spiro atoms. The molecule has 37 heavy (non-hydrogen) atoms. The lowest BCUT2D eigenvalue weighted by atomic mass is 10.2. The molecule has 1 aliphatic heterocycles. The van der Waals surface area contributed by atoms with Gasteiger partial charge in [-0.15, -0.1) is 0 Å². The van der Waals surface area contributed by atoms with Crippen LogP contribution < -0.4 is 5.32 Å². The van der Waals surface area contributed by atoms with Gasteiger partial charge < -0.3 is 19.6 Å². The number of aliphatic hydroxyl groups is 1. The van der Waals surface area contributed by atoms with Gasteiger partial charge in [0, 0.05) is 24.7 Å². The van der Waals surface area contributed by atoms with Crippen LogP contribution >= 0.6 is 0 Å². The number of imidazole rings is 1. The first-order chi connectivity index (χ1) is 17.7. The number of anilines is 1. The molecule has 12 heteroatoms. The number of alkyl halides is 3. The highest BCUT2D eigenvalue weighted by Gasteiger charge is 2.32. The number of benzene rings is 1. The van der Waals surface area contributed by atoms with E-state index in [1.165, 1.54) is 35.0 Å². The van der Waals surface area contributed by atoms with Crippen molar-refractivity contribution in [1.82, 2.24) is 24.1 Å². The number of aryl methyl sites for hydroxylation is 1. The molecule has 5 heterocycles. The maximum Gasteiger partial charge on any atom is 0.417 e. The number of nitrogens with one attached hydrogen (secondary N) is 1. The Morgan fingerprint density at radius 3 is 2.70 bits per heavy atom. The number of aromatic nitrogens is 5. The number of hydrogen-bond donors (Lipinski definition) is 2. The summed E-state index contributed by atoms with van der Waals surface area (Å²) in [6.45, 7) is 0.587. The van der Waals surface area contributed by atoms with E-state index in [2.05, 4.69) is 20.3 Å². The van der Waals surface area contributed by atoms with E-state index in [-0.39, 0.29) is 23.3 Å². The summed E-state index contributed by atoms with van der Waals surface area (Å²) in [6.07, 6.45) is -2.58. The molecule has 8 nitrogen and oxygen atoms in total. The van der Waals surface area contributed by atoms with Gasteiger partial charge in [0.1, 0.15) is 34.6 Å². The molecule has 1 amide bonds. The fourth-order valence-corrected chi connectivity index (χ4v) is 4.61. The lowest BCUT2D eigenvalue weighted by molar-refractivity contribution is -0.137. The van der Waals surface area contributed by atoms with Crippen molar-refractivity contribution >= 4 is 33.8 Å². The summed E-state index contributed by atoms with van der Waals surface area (Å²) in [5, 5.41) is 12.9. The monoisotopic (exact) mass is 510 g/mol. The van der Waals surface area contributed by atoms with Crippen molar-refractivity contribution in [3.63, 3.8) is 0 Å². The van der Waals surface area contributed by atoms with Crippen molar-refractivity contribution in [2.45, 2.75) is 31.8 Å². The van der Waals surface area contributed by atoms with E-state index >= 15 is 0 Å². The maximum atomic E-state index is 13.8. The van der Waals surface area contributed by atoms with Crippen LogP contribution in [0, 0.1) is 5.82 Å². The molecular weight excluding hydrogens is 492 g/mol. The van der Waals surface area contributed by atoms with Crippen molar-refractivity contribution in [2.24, 2.45) is 0 Å². The van der Waals surface area contributed by atoms with Crippen LogP contribution in [0.2, 0.25) is 0 Å². The third-order valence-electron chi connectivity index (χ3n) is 6.32. The normalized spacial score (nSPS) is 15.4. The second-order valence-electron chi connectivity index (χ2n) is 8.83. The van der Waals surface area contributed by atoms with E-state index in [0.29, 0.717) is 47.4 Å². The molecule has 6 rings (SSSR count). The molecule has 1 aromatic carbocycles. The van der Waals surface area contributed by atoms with Crippen LogP contribution in [0.3, 0.4) is 0 Å². The molecule has 0 bridgehead atoms. The molecule has 1 aliphatic rings. The summed E-state index contributed by atoms with van der Waals surface area (Å²) >= 11 is 0. The van der Waals surface area contributed by atoms with E-state index in [0.717, 1.165) is 6.07 Å². The number of amides is 1. The predicted octanol–water partition coefficient (Wildman–Crippen LogP) is 4.68. The van der Waals surface area contributed by atoms with Gasteiger partial charge in [-0.05, 0) is 42.3 Å². The number of halogens is 4. The van der Waals surface area contributed by atoms with Crippen molar-refractivity contribution in [3.8, 4) is 0 Å². The summed E-state index contributed by atoms with van der Waals surface area (Å²) in [5.74, 6) is -0.590. The van der Waals surface area contributed by atoms with Crippen LogP contribution in [0.4, 0.5) is 23.2 Å². The third kappa shape index (κ3) is 4.08. The minimum Gasteiger partial charge on any atom is -0.385 e. The highest BCUT2D eigenvalue weighted by molar-refractivity contribution is 6.06. The first-order valence-corrected chi connectivity index (χ1v) is 11.3. The summed E-state index contributed by atoms with van der Waals surface area (Å²) in [4.78, 5) is 26.1. The number of nitrogens with zero attached hydrogens (tertiary/aromatic N) is 5. The van der Waals surface area contributed by atoms with E-state index in [9.17, 15) is 27.5 Å². The van der Waals surface area contributed by atoms with Crippen molar-refractivity contribution in [2.75, 3.05) is 5.32 Å². The van der Waals surface area contributed by atoms with Gasteiger partial charge in [0.15, 0.2) is 5.65 Å². The maximum absolute atomic E-state index is 13.8. The largest absolute Gasteiger partial charge is 0.417 e. The molecule has 1 unspecified atom stereocenters.